The lowest BCUT2D eigenvalue weighted by atomic mass is 9.98. The topological polar surface area (TPSA) is 46.3 Å². The van der Waals surface area contributed by atoms with Crippen LogP contribution >= 0.6 is 0 Å². The molecule has 3 rings (SSSR count). The van der Waals surface area contributed by atoms with Gasteiger partial charge in [-0.25, -0.2) is 0 Å². The van der Waals surface area contributed by atoms with Gasteiger partial charge < -0.3 is 10.6 Å². The van der Waals surface area contributed by atoms with E-state index in [1.165, 1.54) is 11.1 Å². The van der Waals surface area contributed by atoms with Crippen molar-refractivity contribution in [2.24, 2.45) is 11.7 Å². The van der Waals surface area contributed by atoms with Gasteiger partial charge in [-0.05, 0) is 42.9 Å². The van der Waals surface area contributed by atoms with Crippen LogP contribution in [-0.4, -0.2) is 29.9 Å². The van der Waals surface area contributed by atoms with Crippen LogP contribution in [0.2, 0.25) is 0 Å². The van der Waals surface area contributed by atoms with Gasteiger partial charge in [0, 0.05) is 24.7 Å². The van der Waals surface area contributed by atoms with E-state index in [9.17, 15) is 4.79 Å². The van der Waals surface area contributed by atoms with Gasteiger partial charge in [0.05, 0.1) is 0 Å². The van der Waals surface area contributed by atoms with E-state index in [2.05, 4.69) is 44.2 Å². The van der Waals surface area contributed by atoms with Crippen molar-refractivity contribution in [1.29, 1.82) is 0 Å². The maximum atomic E-state index is 13.1. The normalized spacial score (nSPS) is 20.0. The lowest BCUT2D eigenvalue weighted by Gasteiger charge is -2.18. The van der Waals surface area contributed by atoms with Crippen LogP contribution in [-0.2, 0) is 6.42 Å². The molecular formula is C22H28N2O. The second kappa shape index (κ2) is 7.83. The van der Waals surface area contributed by atoms with Crippen LogP contribution in [0.3, 0.4) is 0 Å². The van der Waals surface area contributed by atoms with Crippen molar-refractivity contribution in [3.8, 4) is 0 Å². The fraction of sp³-hybridized carbons (Fsp3) is 0.409. The minimum atomic E-state index is 0.105. The molecule has 3 heteroatoms. The SMILES string of the molecule is CCC[C@H]1CN(C(=O)c2ccccc2Cc2ccc(C)cc2)C[C@@H]1N. The van der Waals surface area contributed by atoms with E-state index in [0.29, 0.717) is 12.5 Å². The second-order valence-corrected chi connectivity index (χ2v) is 7.24. The molecule has 2 aromatic rings. The molecule has 0 radical (unpaired) electrons. The number of carbonyl (C=O) groups is 1. The minimum Gasteiger partial charge on any atom is -0.337 e. The molecule has 1 amide bonds. The monoisotopic (exact) mass is 336 g/mol. The van der Waals surface area contributed by atoms with E-state index in [1.807, 2.05) is 23.1 Å². The average molecular weight is 336 g/mol. The maximum absolute atomic E-state index is 13.1. The van der Waals surface area contributed by atoms with Gasteiger partial charge in [0.25, 0.3) is 5.91 Å². The number of nitrogens with zero attached hydrogens (tertiary/aromatic N) is 1. The molecule has 0 aromatic heterocycles. The summed E-state index contributed by atoms with van der Waals surface area (Å²) < 4.78 is 0. The maximum Gasteiger partial charge on any atom is 0.254 e. The summed E-state index contributed by atoms with van der Waals surface area (Å²) in [6.07, 6.45) is 2.99. The molecule has 2 atom stereocenters. The van der Waals surface area contributed by atoms with Gasteiger partial charge in [-0.15, -0.1) is 0 Å². The van der Waals surface area contributed by atoms with Crippen LogP contribution in [0.5, 0.6) is 0 Å². The molecule has 132 valence electrons. The largest absolute Gasteiger partial charge is 0.337 e. The predicted octanol–water partition coefficient (Wildman–Crippen LogP) is 3.79. The number of amides is 1. The van der Waals surface area contributed by atoms with Crippen molar-refractivity contribution in [3.05, 3.63) is 70.8 Å². The smallest absolute Gasteiger partial charge is 0.254 e. The number of benzene rings is 2. The first kappa shape index (κ1) is 17.7. The lowest BCUT2D eigenvalue weighted by molar-refractivity contribution is 0.0784. The molecule has 0 spiro atoms. The van der Waals surface area contributed by atoms with Crippen molar-refractivity contribution in [2.45, 2.75) is 39.2 Å². The Kier molecular flexibility index (Phi) is 5.54. The van der Waals surface area contributed by atoms with E-state index in [4.69, 9.17) is 5.73 Å². The van der Waals surface area contributed by atoms with Gasteiger partial charge in [-0.1, -0.05) is 61.4 Å². The molecule has 25 heavy (non-hydrogen) atoms. The third-order valence-corrected chi connectivity index (χ3v) is 5.20. The fourth-order valence-corrected chi connectivity index (χ4v) is 3.72. The van der Waals surface area contributed by atoms with Gasteiger partial charge in [0.2, 0.25) is 0 Å². The first-order chi connectivity index (χ1) is 12.1. The average Bonchev–Trinajstić information content (AvgIpc) is 2.98. The highest BCUT2D eigenvalue weighted by molar-refractivity contribution is 5.96. The van der Waals surface area contributed by atoms with Crippen molar-refractivity contribution in [3.63, 3.8) is 0 Å². The van der Waals surface area contributed by atoms with Crippen molar-refractivity contribution < 1.29 is 4.79 Å². The number of carbonyl (C=O) groups excluding carboxylic acids is 1. The highest BCUT2D eigenvalue weighted by Crippen LogP contribution is 2.24. The molecule has 2 N–H and O–H groups in total. The van der Waals surface area contributed by atoms with Gasteiger partial charge in [-0.3, -0.25) is 4.79 Å². The van der Waals surface area contributed by atoms with E-state index in [-0.39, 0.29) is 11.9 Å². The summed E-state index contributed by atoms with van der Waals surface area (Å²) in [4.78, 5) is 15.0. The molecule has 0 unspecified atom stereocenters. The first-order valence-electron chi connectivity index (χ1n) is 9.26. The standard InChI is InChI=1S/C22H28N2O/c1-3-6-19-14-24(15-21(19)23)22(25)20-8-5-4-7-18(20)13-17-11-9-16(2)10-12-17/h4-5,7-12,19,21H,3,6,13-15,23H2,1-2H3/t19-,21-/m0/s1. The molecule has 1 aliphatic rings. The third-order valence-electron chi connectivity index (χ3n) is 5.20. The minimum absolute atomic E-state index is 0.105. The Morgan fingerprint density at radius 3 is 2.56 bits per heavy atom. The summed E-state index contributed by atoms with van der Waals surface area (Å²) in [6, 6.07) is 16.6. The van der Waals surface area contributed by atoms with E-state index >= 15 is 0 Å². The predicted molar refractivity (Wildman–Crippen MR) is 103 cm³/mol. The molecule has 1 saturated heterocycles. The Hall–Kier alpha value is -2.13. The molecular weight excluding hydrogens is 308 g/mol. The van der Waals surface area contributed by atoms with E-state index in [1.54, 1.807) is 0 Å². The van der Waals surface area contributed by atoms with Crippen molar-refractivity contribution in [2.75, 3.05) is 13.1 Å². The molecule has 1 fully saturated rings. The van der Waals surface area contributed by atoms with Gasteiger partial charge in [0.15, 0.2) is 0 Å². The van der Waals surface area contributed by atoms with Crippen molar-refractivity contribution >= 4 is 5.91 Å². The molecule has 2 aromatic carbocycles. The Balaban J connectivity index is 1.78. The Bertz CT molecular complexity index is 723. The van der Waals surface area contributed by atoms with Crippen LogP contribution < -0.4 is 5.73 Å². The van der Waals surface area contributed by atoms with Crippen LogP contribution in [0.4, 0.5) is 0 Å². The summed E-state index contributed by atoms with van der Waals surface area (Å²) in [5, 5.41) is 0. The van der Waals surface area contributed by atoms with Gasteiger partial charge >= 0.3 is 0 Å². The highest BCUT2D eigenvalue weighted by atomic mass is 16.2. The fourth-order valence-electron chi connectivity index (χ4n) is 3.72. The number of likely N-dealkylation sites (tertiary alicyclic amines) is 1. The number of hydrogen-bond acceptors (Lipinski definition) is 2. The Labute approximate surface area is 150 Å². The quantitative estimate of drug-likeness (QED) is 0.903. The van der Waals surface area contributed by atoms with Crippen LogP contribution in [0, 0.1) is 12.8 Å². The molecule has 0 saturated carbocycles. The molecule has 0 aliphatic carbocycles. The second-order valence-electron chi connectivity index (χ2n) is 7.24. The molecule has 0 bridgehead atoms. The lowest BCUT2D eigenvalue weighted by Crippen LogP contribution is -2.32. The zero-order valence-electron chi connectivity index (χ0n) is 15.2. The summed E-state index contributed by atoms with van der Waals surface area (Å²) in [6.45, 7) is 5.72. The zero-order chi connectivity index (χ0) is 17.8. The summed E-state index contributed by atoms with van der Waals surface area (Å²) in [5.74, 6) is 0.551. The zero-order valence-corrected chi connectivity index (χ0v) is 15.2. The van der Waals surface area contributed by atoms with E-state index in [0.717, 1.165) is 36.9 Å². The van der Waals surface area contributed by atoms with E-state index < -0.39 is 0 Å². The van der Waals surface area contributed by atoms with Crippen molar-refractivity contribution in [1.82, 2.24) is 4.90 Å². The van der Waals surface area contributed by atoms with Gasteiger partial charge in [-0.2, -0.15) is 0 Å². The molecule has 3 nitrogen and oxygen atoms in total. The van der Waals surface area contributed by atoms with Crippen LogP contribution in [0.1, 0.15) is 46.8 Å². The number of nitrogens with two attached hydrogens (primary N) is 1. The van der Waals surface area contributed by atoms with Crippen LogP contribution in [0.25, 0.3) is 0 Å². The number of hydrogen-bond donors (Lipinski definition) is 1. The highest BCUT2D eigenvalue weighted by Gasteiger charge is 2.33. The summed E-state index contributed by atoms with van der Waals surface area (Å²) >= 11 is 0. The summed E-state index contributed by atoms with van der Waals surface area (Å²) in [7, 11) is 0. The third kappa shape index (κ3) is 4.10. The van der Waals surface area contributed by atoms with Crippen LogP contribution in [0.15, 0.2) is 48.5 Å². The summed E-state index contributed by atoms with van der Waals surface area (Å²) in [5.41, 5.74) is 10.6. The molecule has 1 aliphatic heterocycles. The van der Waals surface area contributed by atoms with Gasteiger partial charge in [0.1, 0.15) is 0 Å². The first-order valence-corrected chi connectivity index (χ1v) is 9.26. The molecule has 1 heterocycles. The Morgan fingerprint density at radius 1 is 1.12 bits per heavy atom. The number of aryl methyl sites for hydroxylation is 1. The number of rotatable bonds is 5. The Morgan fingerprint density at radius 2 is 1.84 bits per heavy atom.